The second-order valence-corrected chi connectivity index (χ2v) is 11.8. The van der Waals surface area contributed by atoms with Crippen LogP contribution in [-0.2, 0) is 19.2 Å². The summed E-state index contributed by atoms with van der Waals surface area (Å²) in [5.74, 6) is -3.71. The average Bonchev–Trinajstić information content (AvgIpc) is 3.37. The van der Waals surface area contributed by atoms with Gasteiger partial charge >= 0.3 is 0 Å². The molecule has 42 heavy (non-hydrogen) atoms. The molecule has 0 spiro atoms. The number of para-hydroxylation sites is 2. The van der Waals surface area contributed by atoms with Crippen LogP contribution in [0, 0.1) is 29.1 Å². The Kier molecular flexibility index (Phi) is 5.87. The second kappa shape index (κ2) is 9.41. The molecule has 1 N–H and O–H groups in total. The number of carbonyl (C=O) groups is 4. The van der Waals surface area contributed by atoms with Gasteiger partial charge in [-0.05, 0) is 56.0 Å². The zero-order valence-corrected chi connectivity index (χ0v) is 23.3. The molecule has 0 radical (unpaired) electrons. The van der Waals surface area contributed by atoms with Crippen LogP contribution in [0.3, 0.4) is 0 Å². The highest BCUT2D eigenvalue weighted by molar-refractivity contribution is 6.25. The SMILES string of the molecule is COc1cc(O)ccc1C1C2=CCC3C(=O)N(c4ccccc4)C(=O)C3C2CC2C(=O)N(c3ccccc3)C(=O)C21C. The number of aromatic hydroxyl groups is 1. The van der Waals surface area contributed by atoms with Crippen molar-refractivity contribution in [3.05, 3.63) is 96.1 Å². The first-order valence-corrected chi connectivity index (χ1v) is 14.2. The van der Waals surface area contributed by atoms with E-state index in [9.17, 15) is 24.3 Å². The molecule has 2 aliphatic carbocycles. The van der Waals surface area contributed by atoms with E-state index in [2.05, 4.69) is 0 Å². The fourth-order valence-electron chi connectivity index (χ4n) is 7.95. The molecule has 3 fully saturated rings. The number of anilines is 2. The van der Waals surface area contributed by atoms with Crippen molar-refractivity contribution in [3.8, 4) is 11.5 Å². The van der Waals surface area contributed by atoms with Crippen LogP contribution in [-0.4, -0.2) is 35.8 Å². The number of amides is 4. The molecule has 7 rings (SSSR count). The van der Waals surface area contributed by atoms with Crippen molar-refractivity contribution in [2.45, 2.75) is 25.7 Å². The van der Waals surface area contributed by atoms with Crippen molar-refractivity contribution in [1.29, 1.82) is 0 Å². The van der Waals surface area contributed by atoms with Crippen LogP contribution in [0.15, 0.2) is 90.5 Å². The van der Waals surface area contributed by atoms with E-state index in [0.29, 0.717) is 29.1 Å². The molecule has 1 saturated carbocycles. The zero-order valence-electron chi connectivity index (χ0n) is 23.3. The molecule has 0 bridgehead atoms. The Hall–Kier alpha value is -4.72. The monoisotopic (exact) mass is 562 g/mol. The quantitative estimate of drug-likeness (QED) is 0.361. The van der Waals surface area contributed by atoms with E-state index in [1.54, 1.807) is 60.7 Å². The summed E-state index contributed by atoms with van der Waals surface area (Å²) in [6.45, 7) is 1.83. The minimum Gasteiger partial charge on any atom is -0.508 e. The Morgan fingerprint density at radius 1 is 0.810 bits per heavy atom. The largest absolute Gasteiger partial charge is 0.508 e. The lowest BCUT2D eigenvalue weighted by molar-refractivity contribution is -0.131. The number of phenolic OH excluding ortho intramolecular Hbond substituents is 1. The van der Waals surface area contributed by atoms with Crippen molar-refractivity contribution in [3.63, 3.8) is 0 Å². The number of hydrogen-bond donors (Lipinski definition) is 1. The highest BCUT2D eigenvalue weighted by Crippen LogP contribution is 2.64. The predicted octanol–water partition coefficient (Wildman–Crippen LogP) is 4.84. The van der Waals surface area contributed by atoms with E-state index >= 15 is 0 Å². The van der Waals surface area contributed by atoms with E-state index < -0.39 is 35.0 Å². The smallest absolute Gasteiger partial charge is 0.241 e. The van der Waals surface area contributed by atoms with Crippen LogP contribution >= 0.6 is 0 Å². The Morgan fingerprint density at radius 2 is 1.45 bits per heavy atom. The molecule has 4 aliphatic rings. The highest BCUT2D eigenvalue weighted by Gasteiger charge is 2.68. The van der Waals surface area contributed by atoms with Crippen molar-refractivity contribution < 1.29 is 29.0 Å². The number of hydrogen-bond acceptors (Lipinski definition) is 6. The lowest BCUT2D eigenvalue weighted by atomic mass is 9.51. The third kappa shape index (κ3) is 3.47. The minimum absolute atomic E-state index is 0.0113. The van der Waals surface area contributed by atoms with Gasteiger partial charge in [0.15, 0.2) is 0 Å². The molecular weight excluding hydrogens is 532 g/mol. The minimum atomic E-state index is -1.18. The number of ether oxygens (including phenoxy) is 1. The zero-order chi connectivity index (χ0) is 29.3. The molecule has 3 aromatic carbocycles. The summed E-state index contributed by atoms with van der Waals surface area (Å²) < 4.78 is 5.70. The number of phenols is 1. The molecule has 0 aromatic heterocycles. The molecule has 2 aliphatic heterocycles. The van der Waals surface area contributed by atoms with Gasteiger partial charge in [-0.25, -0.2) is 4.90 Å². The third-order valence-electron chi connectivity index (χ3n) is 9.83. The molecular formula is C34H30N2O6. The summed E-state index contributed by atoms with van der Waals surface area (Å²) in [4.78, 5) is 58.9. The number of nitrogens with zero attached hydrogens (tertiary/aromatic N) is 2. The molecule has 6 atom stereocenters. The number of carbonyl (C=O) groups excluding carboxylic acids is 4. The molecule has 8 nitrogen and oxygen atoms in total. The van der Waals surface area contributed by atoms with Gasteiger partial charge < -0.3 is 9.84 Å². The van der Waals surface area contributed by atoms with Crippen molar-refractivity contribution >= 4 is 35.0 Å². The Bertz CT molecular complexity index is 1670. The van der Waals surface area contributed by atoms with E-state index in [1.807, 2.05) is 25.1 Å². The lowest BCUT2D eigenvalue weighted by Crippen LogP contribution is -2.49. The average molecular weight is 563 g/mol. The van der Waals surface area contributed by atoms with Crippen molar-refractivity contribution in [2.24, 2.45) is 29.1 Å². The first-order valence-electron chi connectivity index (χ1n) is 14.2. The number of fused-ring (bicyclic) bond motifs is 4. The molecule has 2 saturated heterocycles. The summed E-state index contributed by atoms with van der Waals surface area (Å²) in [6.07, 6.45) is 2.63. The number of allylic oxidation sites excluding steroid dienone is 2. The van der Waals surface area contributed by atoms with Gasteiger partial charge in [0, 0.05) is 17.5 Å². The van der Waals surface area contributed by atoms with Crippen molar-refractivity contribution in [2.75, 3.05) is 16.9 Å². The molecule has 4 amide bonds. The second-order valence-electron chi connectivity index (χ2n) is 11.8. The van der Waals surface area contributed by atoms with Gasteiger partial charge in [-0.2, -0.15) is 0 Å². The van der Waals surface area contributed by atoms with Gasteiger partial charge in [0.25, 0.3) is 0 Å². The van der Waals surface area contributed by atoms with Crippen LogP contribution in [0.4, 0.5) is 11.4 Å². The first-order chi connectivity index (χ1) is 20.3. The highest BCUT2D eigenvalue weighted by atomic mass is 16.5. The maximum absolute atomic E-state index is 14.4. The third-order valence-corrected chi connectivity index (χ3v) is 9.83. The van der Waals surface area contributed by atoms with Gasteiger partial charge in [0.05, 0.1) is 41.7 Å². The number of benzene rings is 3. The Morgan fingerprint density at radius 3 is 2.10 bits per heavy atom. The van der Waals surface area contributed by atoms with Gasteiger partial charge in [-0.3, -0.25) is 24.1 Å². The van der Waals surface area contributed by atoms with Gasteiger partial charge in [0.1, 0.15) is 11.5 Å². The van der Waals surface area contributed by atoms with Gasteiger partial charge in [-0.15, -0.1) is 0 Å². The molecule has 2 heterocycles. The number of methoxy groups -OCH3 is 1. The summed E-state index contributed by atoms with van der Waals surface area (Å²) >= 11 is 0. The predicted molar refractivity (Wildman–Crippen MR) is 155 cm³/mol. The topological polar surface area (TPSA) is 104 Å². The first kappa shape index (κ1) is 26.2. The summed E-state index contributed by atoms with van der Waals surface area (Å²) in [7, 11) is 1.50. The molecule has 6 unspecified atom stereocenters. The van der Waals surface area contributed by atoms with Gasteiger partial charge in [0.2, 0.25) is 23.6 Å². The van der Waals surface area contributed by atoms with Crippen LogP contribution in [0.2, 0.25) is 0 Å². The standard InChI is InChI=1S/C34H30N2O6/c1-34-26(31(39)36(33(34)41)20-11-7-4-8-12-20)18-25-22(29(34)23-14-13-21(37)17-27(23)42-2)15-16-24-28(25)32(40)35(30(24)38)19-9-5-3-6-10-19/h3-15,17,24-26,28-29,37H,16,18H2,1-2H3. The van der Waals surface area contributed by atoms with E-state index in [-0.39, 0.29) is 35.8 Å². The molecule has 212 valence electrons. The van der Waals surface area contributed by atoms with Crippen LogP contribution in [0.5, 0.6) is 11.5 Å². The Balaban J connectivity index is 1.40. The summed E-state index contributed by atoms with van der Waals surface area (Å²) in [6, 6.07) is 22.6. The van der Waals surface area contributed by atoms with E-state index in [0.717, 1.165) is 5.57 Å². The number of rotatable bonds is 4. The fourth-order valence-corrected chi connectivity index (χ4v) is 7.95. The maximum Gasteiger partial charge on any atom is 0.241 e. The molecule has 3 aromatic rings. The van der Waals surface area contributed by atoms with Crippen LogP contribution in [0.1, 0.15) is 31.2 Å². The Labute approximate surface area is 243 Å². The number of imide groups is 2. The summed E-state index contributed by atoms with van der Waals surface area (Å²) in [5.41, 5.74) is 1.37. The van der Waals surface area contributed by atoms with Crippen molar-refractivity contribution in [1.82, 2.24) is 0 Å². The lowest BCUT2D eigenvalue weighted by Gasteiger charge is -2.49. The van der Waals surface area contributed by atoms with Crippen LogP contribution < -0.4 is 14.5 Å². The fraction of sp³-hybridized carbons (Fsp3) is 0.294. The van der Waals surface area contributed by atoms with E-state index in [4.69, 9.17) is 4.74 Å². The van der Waals surface area contributed by atoms with E-state index in [1.165, 1.54) is 23.0 Å². The van der Waals surface area contributed by atoms with Gasteiger partial charge in [-0.1, -0.05) is 54.1 Å². The van der Waals surface area contributed by atoms with Crippen LogP contribution in [0.25, 0.3) is 0 Å². The molecule has 8 heteroatoms. The summed E-state index contributed by atoms with van der Waals surface area (Å²) in [5, 5.41) is 10.2. The normalized spacial score (nSPS) is 30.1. The maximum atomic E-state index is 14.4.